The minimum atomic E-state index is 0.238. The molecule has 0 amide bonds. The summed E-state index contributed by atoms with van der Waals surface area (Å²) >= 11 is 0. The van der Waals surface area contributed by atoms with Crippen molar-refractivity contribution in [1.29, 1.82) is 0 Å². The summed E-state index contributed by atoms with van der Waals surface area (Å²) in [5.74, 6) is 0.781. The standard InChI is InChI=1S/C11H16O/c1-9(2)11(8-12)10-6-4-3-5-7-10/h3-7,9,11-12H,8H2,1-2H3/t11-/m1/s1. The minimum Gasteiger partial charge on any atom is -0.396 e. The Balaban J connectivity index is 2.80. The van der Waals surface area contributed by atoms with Gasteiger partial charge in [-0.25, -0.2) is 0 Å². The molecule has 0 aliphatic carbocycles. The maximum Gasteiger partial charge on any atom is 0.0502 e. The highest BCUT2D eigenvalue weighted by Crippen LogP contribution is 2.22. The van der Waals surface area contributed by atoms with Crippen LogP contribution in [0.5, 0.6) is 0 Å². The highest BCUT2D eigenvalue weighted by Gasteiger charge is 2.13. The Morgan fingerprint density at radius 3 is 2.17 bits per heavy atom. The molecule has 0 heterocycles. The number of benzene rings is 1. The third-order valence-electron chi connectivity index (χ3n) is 2.23. The van der Waals surface area contributed by atoms with Crippen LogP contribution < -0.4 is 0 Å². The van der Waals surface area contributed by atoms with Gasteiger partial charge in [0.05, 0.1) is 6.61 Å². The zero-order valence-corrected chi connectivity index (χ0v) is 7.70. The number of aliphatic hydroxyl groups excluding tert-OH is 1. The van der Waals surface area contributed by atoms with E-state index >= 15 is 0 Å². The molecular formula is C11H16O. The van der Waals surface area contributed by atoms with Crippen LogP contribution in [0.3, 0.4) is 0 Å². The number of hydrogen-bond acceptors (Lipinski definition) is 1. The van der Waals surface area contributed by atoms with Gasteiger partial charge >= 0.3 is 0 Å². The van der Waals surface area contributed by atoms with E-state index in [1.165, 1.54) is 5.56 Å². The van der Waals surface area contributed by atoms with Crippen LogP contribution in [0.2, 0.25) is 0 Å². The summed E-state index contributed by atoms with van der Waals surface area (Å²) in [6.45, 7) is 4.50. The van der Waals surface area contributed by atoms with Gasteiger partial charge in [0.15, 0.2) is 0 Å². The molecule has 0 aliphatic heterocycles. The molecule has 1 heteroatoms. The molecule has 0 saturated carbocycles. The second kappa shape index (κ2) is 4.27. The van der Waals surface area contributed by atoms with Gasteiger partial charge in [-0.05, 0) is 11.5 Å². The zero-order chi connectivity index (χ0) is 8.97. The molecule has 0 unspecified atom stereocenters. The van der Waals surface area contributed by atoms with Gasteiger partial charge in [0, 0.05) is 5.92 Å². The summed E-state index contributed by atoms with van der Waals surface area (Å²) in [5.41, 5.74) is 1.23. The molecule has 0 aromatic heterocycles. The Labute approximate surface area is 74.1 Å². The Morgan fingerprint density at radius 1 is 1.17 bits per heavy atom. The predicted molar refractivity (Wildman–Crippen MR) is 51.1 cm³/mol. The van der Waals surface area contributed by atoms with Gasteiger partial charge in [-0.3, -0.25) is 0 Å². The molecule has 0 fully saturated rings. The van der Waals surface area contributed by atoms with Crippen LogP contribution in [0.4, 0.5) is 0 Å². The Bertz CT molecular complexity index is 216. The van der Waals surface area contributed by atoms with Gasteiger partial charge < -0.3 is 5.11 Å². The third-order valence-corrected chi connectivity index (χ3v) is 2.23. The highest BCUT2D eigenvalue weighted by molar-refractivity contribution is 5.19. The van der Waals surface area contributed by atoms with E-state index in [4.69, 9.17) is 5.11 Å². The number of aliphatic hydroxyl groups is 1. The molecule has 1 rings (SSSR count). The van der Waals surface area contributed by atoms with Crippen molar-refractivity contribution in [3.05, 3.63) is 35.9 Å². The second-order valence-corrected chi connectivity index (χ2v) is 3.44. The summed E-state index contributed by atoms with van der Waals surface area (Å²) in [4.78, 5) is 0. The summed E-state index contributed by atoms with van der Waals surface area (Å²) < 4.78 is 0. The Morgan fingerprint density at radius 2 is 1.75 bits per heavy atom. The second-order valence-electron chi connectivity index (χ2n) is 3.44. The maximum atomic E-state index is 9.15. The number of rotatable bonds is 3. The lowest BCUT2D eigenvalue weighted by atomic mass is 9.89. The summed E-state index contributed by atoms with van der Waals surface area (Å²) in [7, 11) is 0. The van der Waals surface area contributed by atoms with Gasteiger partial charge in [-0.2, -0.15) is 0 Å². The van der Waals surface area contributed by atoms with Crippen LogP contribution in [0.25, 0.3) is 0 Å². The van der Waals surface area contributed by atoms with Crippen LogP contribution in [-0.4, -0.2) is 11.7 Å². The maximum absolute atomic E-state index is 9.15. The Hall–Kier alpha value is -0.820. The average Bonchev–Trinajstić information content (AvgIpc) is 2.07. The fourth-order valence-corrected chi connectivity index (χ4v) is 1.40. The lowest BCUT2D eigenvalue weighted by Gasteiger charge is -2.18. The first-order valence-corrected chi connectivity index (χ1v) is 4.41. The van der Waals surface area contributed by atoms with Gasteiger partial charge in [-0.1, -0.05) is 44.2 Å². The third kappa shape index (κ3) is 2.08. The zero-order valence-electron chi connectivity index (χ0n) is 7.70. The van der Waals surface area contributed by atoms with E-state index in [0.29, 0.717) is 5.92 Å². The lowest BCUT2D eigenvalue weighted by molar-refractivity contribution is 0.237. The smallest absolute Gasteiger partial charge is 0.0502 e. The van der Waals surface area contributed by atoms with E-state index in [9.17, 15) is 0 Å². The van der Waals surface area contributed by atoms with Crippen LogP contribution in [0.1, 0.15) is 25.3 Å². The predicted octanol–water partition coefficient (Wildman–Crippen LogP) is 2.42. The molecule has 1 nitrogen and oxygen atoms in total. The normalized spacial score (nSPS) is 13.3. The SMILES string of the molecule is CC(C)[C@@H](CO)c1ccccc1. The molecule has 1 aromatic carbocycles. The van der Waals surface area contributed by atoms with E-state index < -0.39 is 0 Å². The molecule has 66 valence electrons. The van der Waals surface area contributed by atoms with Gasteiger partial charge in [0.1, 0.15) is 0 Å². The van der Waals surface area contributed by atoms with Crippen molar-refractivity contribution in [2.24, 2.45) is 5.92 Å². The van der Waals surface area contributed by atoms with Crippen molar-refractivity contribution in [2.75, 3.05) is 6.61 Å². The highest BCUT2D eigenvalue weighted by atomic mass is 16.3. The van der Waals surface area contributed by atoms with Crippen LogP contribution in [0.15, 0.2) is 30.3 Å². The Kier molecular flexibility index (Phi) is 3.30. The van der Waals surface area contributed by atoms with Crippen LogP contribution >= 0.6 is 0 Å². The summed E-state index contributed by atoms with van der Waals surface area (Å²) in [6, 6.07) is 10.2. The van der Waals surface area contributed by atoms with E-state index in [2.05, 4.69) is 26.0 Å². The molecule has 1 atom stereocenters. The van der Waals surface area contributed by atoms with Crippen LogP contribution in [-0.2, 0) is 0 Å². The first-order valence-electron chi connectivity index (χ1n) is 4.41. The van der Waals surface area contributed by atoms with E-state index in [0.717, 1.165) is 0 Å². The van der Waals surface area contributed by atoms with E-state index in [-0.39, 0.29) is 12.5 Å². The number of hydrogen-bond donors (Lipinski definition) is 1. The molecule has 0 saturated heterocycles. The lowest BCUT2D eigenvalue weighted by Crippen LogP contribution is -2.10. The van der Waals surface area contributed by atoms with Gasteiger partial charge in [0.25, 0.3) is 0 Å². The molecule has 12 heavy (non-hydrogen) atoms. The van der Waals surface area contributed by atoms with Gasteiger partial charge in [-0.15, -0.1) is 0 Å². The van der Waals surface area contributed by atoms with Crippen molar-refractivity contribution in [3.63, 3.8) is 0 Å². The molecule has 1 aromatic rings. The van der Waals surface area contributed by atoms with Crippen LogP contribution in [0, 0.1) is 5.92 Å². The minimum absolute atomic E-state index is 0.238. The summed E-state index contributed by atoms with van der Waals surface area (Å²) in [6.07, 6.45) is 0. The molecule has 0 radical (unpaired) electrons. The topological polar surface area (TPSA) is 20.2 Å². The quantitative estimate of drug-likeness (QED) is 0.727. The fourth-order valence-electron chi connectivity index (χ4n) is 1.40. The first kappa shape index (κ1) is 9.27. The van der Waals surface area contributed by atoms with Crippen molar-refractivity contribution in [3.8, 4) is 0 Å². The molecule has 0 spiro atoms. The fraction of sp³-hybridized carbons (Fsp3) is 0.455. The molecule has 1 N–H and O–H groups in total. The van der Waals surface area contributed by atoms with Crippen molar-refractivity contribution < 1.29 is 5.11 Å². The van der Waals surface area contributed by atoms with Gasteiger partial charge in [0.2, 0.25) is 0 Å². The van der Waals surface area contributed by atoms with Crippen molar-refractivity contribution in [2.45, 2.75) is 19.8 Å². The van der Waals surface area contributed by atoms with E-state index in [1.807, 2.05) is 18.2 Å². The largest absolute Gasteiger partial charge is 0.396 e. The monoisotopic (exact) mass is 164 g/mol. The summed E-state index contributed by atoms with van der Waals surface area (Å²) in [5, 5.41) is 9.15. The first-order chi connectivity index (χ1) is 5.75. The van der Waals surface area contributed by atoms with E-state index in [1.54, 1.807) is 0 Å². The molecule has 0 aliphatic rings. The van der Waals surface area contributed by atoms with Crippen molar-refractivity contribution in [1.82, 2.24) is 0 Å². The van der Waals surface area contributed by atoms with Crippen molar-refractivity contribution >= 4 is 0 Å². The molecular weight excluding hydrogens is 148 g/mol. The molecule has 0 bridgehead atoms. The average molecular weight is 164 g/mol.